The van der Waals surface area contributed by atoms with E-state index in [2.05, 4.69) is 12.2 Å². The zero-order chi connectivity index (χ0) is 13.9. The molecular weight excluding hydrogens is 240 g/mol. The first-order chi connectivity index (χ1) is 9.31. The Hall–Kier alpha value is -1.26. The summed E-state index contributed by atoms with van der Waals surface area (Å²) in [4.78, 5) is 0. The summed E-state index contributed by atoms with van der Waals surface area (Å²) in [5, 5.41) is 3.49. The van der Waals surface area contributed by atoms with E-state index >= 15 is 0 Å². The number of nitrogens with two attached hydrogens (primary N) is 1. The van der Waals surface area contributed by atoms with Gasteiger partial charge in [-0.25, -0.2) is 0 Å². The molecule has 0 saturated heterocycles. The second-order valence-electron chi connectivity index (χ2n) is 4.57. The number of anilines is 1. The van der Waals surface area contributed by atoms with Crippen molar-refractivity contribution in [1.29, 1.82) is 0 Å². The van der Waals surface area contributed by atoms with Crippen molar-refractivity contribution in [3.05, 3.63) is 24.3 Å². The third-order valence-corrected chi connectivity index (χ3v) is 2.83. The molecule has 3 N–H and O–H groups in total. The van der Waals surface area contributed by atoms with Crippen LogP contribution in [0.2, 0.25) is 0 Å². The van der Waals surface area contributed by atoms with Crippen molar-refractivity contribution in [2.45, 2.75) is 32.2 Å². The molecule has 1 rings (SSSR count). The highest BCUT2D eigenvalue weighted by Crippen LogP contribution is 2.25. The van der Waals surface area contributed by atoms with Gasteiger partial charge < -0.3 is 20.5 Å². The van der Waals surface area contributed by atoms with Crippen LogP contribution in [-0.2, 0) is 4.74 Å². The lowest BCUT2D eigenvalue weighted by Crippen LogP contribution is -2.26. The molecule has 0 fully saturated rings. The Morgan fingerprint density at radius 2 is 2.11 bits per heavy atom. The van der Waals surface area contributed by atoms with E-state index in [1.165, 1.54) is 0 Å². The van der Waals surface area contributed by atoms with E-state index in [1.807, 2.05) is 24.3 Å². The van der Waals surface area contributed by atoms with Crippen molar-refractivity contribution in [2.75, 3.05) is 32.2 Å². The highest BCUT2D eigenvalue weighted by molar-refractivity contribution is 5.56. The van der Waals surface area contributed by atoms with Gasteiger partial charge in [0.1, 0.15) is 5.75 Å². The average Bonchev–Trinajstić information content (AvgIpc) is 2.44. The molecule has 4 nitrogen and oxygen atoms in total. The largest absolute Gasteiger partial charge is 0.491 e. The summed E-state index contributed by atoms with van der Waals surface area (Å²) in [5.41, 5.74) is 6.59. The number of nitrogens with one attached hydrogen (secondary N) is 1. The monoisotopic (exact) mass is 266 g/mol. The number of rotatable bonds is 10. The molecule has 0 bridgehead atoms. The molecule has 1 aromatic rings. The molecule has 1 aromatic carbocycles. The highest BCUT2D eigenvalue weighted by atomic mass is 16.5. The van der Waals surface area contributed by atoms with Crippen LogP contribution in [-0.4, -0.2) is 32.9 Å². The average molecular weight is 266 g/mol. The first-order valence-electron chi connectivity index (χ1n) is 6.99. The highest BCUT2D eigenvalue weighted by Gasteiger charge is 2.10. The number of hydrogen-bond donors (Lipinski definition) is 2. The molecule has 0 heterocycles. The van der Waals surface area contributed by atoms with Crippen molar-refractivity contribution in [1.82, 2.24) is 0 Å². The number of hydrogen-bond acceptors (Lipinski definition) is 4. The van der Waals surface area contributed by atoms with Crippen molar-refractivity contribution < 1.29 is 9.47 Å². The van der Waals surface area contributed by atoms with Gasteiger partial charge in [-0.05, 0) is 37.9 Å². The van der Waals surface area contributed by atoms with Gasteiger partial charge in [-0.3, -0.25) is 0 Å². The van der Waals surface area contributed by atoms with Gasteiger partial charge in [0.05, 0.1) is 18.9 Å². The van der Waals surface area contributed by atoms with Gasteiger partial charge in [0.15, 0.2) is 0 Å². The van der Waals surface area contributed by atoms with E-state index in [1.54, 1.807) is 7.11 Å². The summed E-state index contributed by atoms with van der Waals surface area (Å²) >= 11 is 0. The van der Waals surface area contributed by atoms with Crippen LogP contribution >= 0.6 is 0 Å². The Bertz CT molecular complexity index is 345. The summed E-state index contributed by atoms with van der Waals surface area (Å²) in [6.07, 6.45) is 2.98. The van der Waals surface area contributed by atoms with Gasteiger partial charge in [-0.2, -0.15) is 0 Å². The topological polar surface area (TPSA) is 56.5 Å². The van der Waals surface area contributed by atoms with Gasteiger partial charge in [0.25, 0.3) is 0 Å². The minimum absolute atomic E-state index is 0.264. The summed E-state index contributed by atoms with van der Waals surface area (Å²) in [7, 11) is 1.72. The van der Waals surface area contributed by atoms with Crippen LogP contribution in [0.3, 0.4) is 0 Å². The molecule has 19 heavy (non-hydrogen) atoms. The lowest BCUT2D eigenvalue weighted by Gasteiger charge is -2.21. The molecule has 0 spiro atoms. The fourth-order valence-electron chi connectivity index (χ4n) is 1.91. The van der Waals surface area contributed by atoms with Crippen LogP contribution in [0.15, 0.2) is 24.3 Å². The summed E-state index contributed by atoms with van der Waals surface area (Å²) in [6.45, 7) is 4.21. The molecule has 0 aliphatic heterocycles. The maximum absolute atomic E-state index is 5.74. The third kappa shape index (κ3) is 5.94. The van der Waals surface area contributed by atoms with E-state index in [9.17, 15) is 0 Å². The first kappa shape index (κ1) is 15.8. The van der Waals surface area contributed by atoms with E-state index in [0.29, 0.717) is 13.2 Å². The molecule has 0 aliphatic carbocycles. The molecule has 0 aliphatic rings. The number of benzene rings is 1. The van der Waals surface area contributed by atoms with Gasteiger partial charge in [-0.1, -0.05) is 19.1 Å². The van der Waals surface area contributed by atoms with Gasteiger partial charge >= 0.3 is 0 Å². The predicted octanol–water partition coefficient (Wildman–Crippen LogP) is 2.64. The van der Waals surface area contributed by atoms with E-state index < -0.39 is 0 Å². The van der Waals surface area contributed by atoms with Crippen LogP contribution in [0.5, 0.6) is 5.75 Å². The number of para-hydroxylation sites is 2. The Morgan fingerprint density at radius 3 is 2.79 bits per heavy atom. The second kappa shape index (κ2) is 9.64. The Morgan fingerprint density at radius 1 is 1.32 bits per heavy atom. The molecule has 0 radical (unpaired) electrons. The second-order valence-corrected chi connectivity index (χ2v) is 4.57. The number of methoxy groups -OCH3 is 1. The lowest BCUT2D eigenvalue weighted by molar-refractivity contribution is 0.182. The minimum atomic E-state index is 0.264. The van der Waals surface area contributed by atoms with Crippen molar-refractivity contribution >= 4 is 5.69 Å². The summed E-state index contributed by atoms with van der Waals surface area (Å²) in [5.74, 6) is 0.901. The van der Waals surface area contributed by atoms with E-state index in [0.717, 1.165) is 37.3 Å². The van der Waals surface area contributed by atoms with Crippen molar-refractivity contribution in [3.63, 3.8) is 0 Å². The molecule has 1 unspecified atom stereocenters. The van der Waals surface area contributed by atoms with Crippen LogP contribution < -0.4 is 15.8 Å². The predicted molar refractivity (Wildman–Crippen MR) is 79.8 cm³/mol. The van der Waals surface area contributed by atoms with Gasteiger partial charge in [0, 0.05) is 13.2 Å². The zero-order valence-corrected chi connectivity index (χ0v) is 12.0. The Labute approximate surface area is 116 Å². The SMILES string of the molecule is CCCOc1ccccc1NC(CCCN)COC. The molecule has 4 heteroatoms. The van der Waals surface area contributed by atoms with Gasteiger partial charge in [0.2, 0.25) is 0 Å². The molecule has 1 atom stereocenters. The van der Waals surface area contributed by atoms with Crippen molar-refractivity contribution in [3.8, 4) is 5.75 Å². The summed E-state index contributed by atoms with van der Waals surface area (Å²) < 4.78 is 11.0. The molecule has 0 amide bonds. The van der Waals surface area contributed by atoms with Crippen molar-refractivity contribution in [2.24, 2.45) is 5.73 Å². The van der Waals surface area contributed by atoms with Crippen LogP contribution in [0.25, 0.3) is 0 Å². The zero-order valence-electron chi connectivity index (χ0n) is 12.0. The molecule has 108 valence electrons. The van der Waals surface area contributed by atoms with Gasteiger partial charge in [-0.15, -0.1) is 0 Å². The number of ether oxygens (including phenoxy) is 2. The molecule has 0 aromatic heterocycles. The lowest BCUT2D eigenvalue weighted by atomic mass is 10.1. The smallest absolute Gasteiger partial charge is 0.142 e. The maximum atomic E-state index is 5.74. The van der Waals surface area contributed by atoms with E-state index in [-0.39, 0.29) is 6.04 Å². The standard InChI is InChI=1S/C15H26N2O2/c1-3-11-19-15-9-5-4-8-14(15)17-13(12-18-2)7-6-10-16/h4-5,8-9,13,17H,3,6-7,10-12,16H2,1-2H3. The van der Waals surface area contributed by atoms with Crippen LogP contribution in [0.4, 0.5) is 5.69 Å². The maximum Gasteiger partial charge on any atom is 0.142 e. The molecular formula is C15H26N2O2. The third-order valence-electron chi connectivity index (χ3n) is 2.83. The minimum Gasteiger partial charge on any atom is -0.491 e. The first-order valence-corrected chi connectivity index (χ1v) is 6.99. The fraction of sp³-hybridized carbons (Fsp3) is 0.600. The Kier molecular flexibility index (Phi) is 8.02. The molecule has 0 saturated carbocycles. The quantitative estimate of drug-likeness (QED) is 0.683. The fourth-order valence-corrected chi connectivity index (χ4v) is 1.91. The normalized spacial score (nSPS) is 12.2. The van der Waals surface area contributed by atoms with Crippen LogP contribution in [0.1, 0.15) is 26.2 Å². The Balaban J connectivity index is 2.65. The summed E-state index contributed by atoms with van der Waals surface area (Å²) in [6, 6.07) is 8.29. The van der Waals surface area contributed by atoms with E-state index in [4.69, 9.17) is 15.2 Å². The van der Waals surface area contributed by atoms with Crippen LogP contribution in [0, 0.1) is 0 Å².